The van der Waals surface area contributed by atoms with Gasteiger partial charge in [0.1, 0.15) is 17.9 Å². The molecule has 8 heteroatoms. The van der Waals surface area contributed by atoms with Crippen LogP contribution in [0.4, 0.5) is 5.82 Å². The summed E-state index contributed by atoms with van der Waals surface area (Å²) >= 11 is 1.76. The second-order valence-corrected chi connectivity index (χ2v) is 8.72. The zero-order chi connectivity index (χ0) is 23.8. The van der Waals surface area contributed by atoms with Gasteiger partial charge in [-0.3, -0.25) is 4.79 Å². The zero-order valence-corrected chi connectivity index (χ0v) is 20.3. The van der Waals surface area contributed by atoms with E-state index in [0.29, 0.717) is 24.4 Å². The highest BCUT2D eigenvalue weighted by molar-refractivity contribution is 7.98. The fraction of sp³-hybridized carbons (Fsp3) is 0.320. The van der Waals surface area contributed by atoms with Crippen molar-refractivity contribution >= 4 is 23.5 Å². The Kier molecular flexibility index (Phi) is 8.68. The highest BCUT2D eigenvalue weighted by Crippen LogP contribution is 2.39. The maximum Gasteiger partial charge on any atom is 0.251 e. The van der Waals surface area contributed by atoms with Gasteiger partial charge in [0.25, 0.3) is 5.91 Å². The quantitative estimate of drug-likeness (QED) is 0.414. The van der Waals surface area contributed by atoms with Gasteiger partial charge in [-0.05, 0) is 29.9 Å². The molecule has 0 aliphatic heterocycles. The Hall–Kier alpha value is -3.10. The van der Waals surface area contributed by atoms with Gasteiger partial charge in [-0.15, -0.1) is 0 Å². The van der Waals surface area contributed by atoms with Crippen LogP contribution in [0.1, 0.15) is 33.7 Å². The summed E-state index contributed by atoms with van der Waals surface area (Å²) in [6, 6.07) is 15.6. The van der Waals surface area contributed by atoms with Crippen LogP contribution >= 0.6 is 11.8 Å². The number of hydrogen-bond acceptors (Lipinski definition) is 7. The molecule has 0 radical (unpaired) electrons. The summed E-state index contributed by atoms with van der Waals surface area (Å²) in [5, 5.41) is 6.28. The average molecular weight is 466 g/mol. The molecule has 0 aliphatic carbocycles. The first-order chi connectivity index (χ1) is 16.0. The third kappa shape index (κ3) is 6.03. The number of carbonyl (C=O) groups is 1. The van der Waals surface area contributed by atoms with Crippen molar-refractivity contribution < 1.29 is 9.53 Å². The molecule has 0 saturated carbocycles. The van der Waals surface area contributed by atoms with Crippen LogP contribution in [0, 0.1) is 5.92 Å². The topological polar surface area (TPSA) is 102 Å². The number of carbonyl (C=O) groups excluding carboxylic acids is 1. The minimum atomic E-state index is -0.132. The number of hydrogen-bond donors (Lipinski definition) is 3. The summed E-state index contributed by atoms with van der Waals surface area (Å²) in [7, 11) is 3.25. The maximum atomic E-state index is 12.0. The molecule has 0 bridgehead atoms. The van der Waals surface area contributed by atoms with E-state index < -0.39 is 0 Å². The molecule has 2 atom stereocenters. The van der Waals surface area contributed by atoms with Crippen molar-refractivity contribution in [3.63, 3.8) is 0 Å². The Morgan fingerprint density at radius 1 is 1.15 bits per heavy atom. The van der Waals surface area contributed by atoms with Crippen LogP contribution in [0.25, 0.3) is 11.3 Å². The normalized spacial score (nSPS) is 12.6. The van der Waals surface area contributed by atoms with Gasteiger partial charge in [0.2, 0.25) is 0 Å². The van der Waals surface area contributed by atoms with E-state index in [-0.39, 0.29) is 17.1 Å². The SMILES string of the molecule is CNC(=O)c1ccc(C(SC)[C@H](C)CNc2cc(-c3ccc(CN)cc3)ncn2)c(OC)c1. The number of rotatable bonds is 10. The zero-order valence-electron chi connectivity index (χ0n) is 19.5. The van der Waals surface area contributed by atoms with E-state index in [4.69, 9.17) is 10.5 Å². The summed E-state index contributed by atoms with van der Waals surface area (Å²) in [5.74, 6) is 1.62. The third-order valence-corrected chi connectivity index (χ3v) is 6.78. The van der Waals surface area contributed by atoms with Gasteiger partial charge in [-0.1, -0.05) is 37.3 Å². The molecule has 1 aromatic heterocycles. The highest BCUT2D eigenvalue weighted by Gasteiger charge is 2.23. The first kappa shape index (κ1) is 24.5. The second kappa shape index (κ2) is 11.7. The van der Waals surface area contributed by atoms with E-state index in [9.17, 15) is 4.79 Å². The number of aromatic nitrogens is 2. The van der Waals surface area contributed by atoms with Crippen LogP contribution in [-0.2, 0) is 6.54 Å². The summed E-state index contributed by atoms with van der Waals surface area (Å²) < 4.78 is 5.62. The summed E-state index contributed by atoms with van der Waals surface area (Å²) in [6.07, 6.45) is 3.66. The Balaban J connectivity index is 1.73. The monoisotopic (exact) mass is 465 g/mol. The number of thioether (sulfide) groups is 1. The predicted molar refractivity (Wildman–Crippen MR) is 136 cm³/mol. The van der Waals surface area contributed by atoms with Gasteiger partial charge < -0.3 is 21.1 Å². The van der Waals surface area contributed by atoms with E-state index in [1.807, 2.05) is 42.5 Å². The van der Waals surface area contributed by atoms with E-state index in [1.165, 1.54) is 0 Å². The number of benzene rings is 2. The van der Waals surface area contributed by atoms with Crippen molar-refractivity contribution in [1.82, 2.24) is 15.3 Å². The van der Waals surface area contributed by atoms with Crippen molar-refractivity contribution in [2.24, 2.45) is 11.7 Å². The lowest BCUT2D eigenvalue weighted by molar-refractivity contribution is 0.0962. The molecule has 1 heterocycles. The van der Waals surface area contributed by atoms with Gasteiger partial charge in [-0.25, -0.2) is 9.97 Å². The second-order valence-electron chi connectivity index (χ2n) is 7.74. The Morgan fingerprint density at radius 2 is 1.91 bits per heavy atom. The molecule has 7 nitrogen and oxygen atoms in total. The van der Waals surface area contributed by atoms with Crippen molar-refractivity contribution in [2.75, 3.05) is 32.3 Å². The standard InChI is InChI=1S/C25H31N5O2S/c1-16(24(33-4)20-10-9-19(25(31)27-2)11-22(20)32-3)14-28-23-12-21(29-15-30-23)18-7-5-17(13-26)6-8-18/h5-12,15-16,24H,13-14,26H2,1-4H3,(H,27,31)(H,28,29,30)/t16-,24?/m1/s1. The molecular weight excluding hydrogens is 434 g/mol. The van der Waals surface area contributed by atoms with E-state index in [1.54, 1.807) is 38.3 Å². The summed E-state index contributed by atoms with van der Waals surface area (Å²) in [6.45, 7) is 3.42. The first-order valence-corrected chi connectivity index (χ1v) is 12.1. The van der Waals surface area contributed by atoms with Crippen LogP contribution in [0.3, 0.4) is 0 Å². The number of nitrogens with one attached hydrogen (secondary N) is 2. The maximum absolute atomic E-state index is 12.0. The Labute approximate surface area is 199 Å². The molecule has 2 aromatic carbocycles. The lowest BCUT2D eigenvalue weighted by atomic mass is 9.98. The first-order valence-electron chi connectivity index (χ1n) is 10.8. The molecule has 0 aliphatic rings. The van der Waals surface area contributed by atoms with Gasteiger partial charge in [0.15, 0.2) is 0 Å². The largest absolute Gasteiger partial charge is 0.496 e. The smallest absolute Gasteiger partial charge is 0.251 e. The van der Waals surface area contributed by atoms with Gasteiger partial charge in [0, 0.05) is 48.1 Å². The third-order valence-electron chi connectivity index (χ3n) is 5.56. The van der Waals surface area contributed by atoms with Crippen molar-refractivity contribution in [2.45, 2.75) is 18.7 Å². The number of anilines is 1. The van der Waals surface area contributed by atoms with Crippen molar-refractivity contribution in [3.8, 4) is 17.0 Å². The van der Waals surface area contributed by atoms with Gasteiger partial charge >= 0.3 is 0 Å². The fourth-order valence-electron chi connectivity index (χ4n) is 3.69. The van der Waals surface area contributed by atoms with E-state index >= 15 is 0 Å². The number of amides is 1. The molecule has 0 fully saturated rings. The molecule has 0 saturated heterocycles. The summed E-state index contributed by atoms with van der Waals surface area (Å²) in [5.41, 5.74) is 10.3. The molecule has 3 aromatic rings. The average Bonchev–Trinajstić information content (AvgIpc) is 2.87. The highest BCUT2D eigenvalue weighted by atomic mass is 32.2. The Bertz CT molecular complexity index is 1070. The van der Waals surface area contributed by atoms with E-state index in [2.05, 4.69) is 33.8 Å². The molecule has 4 N–H and O–H groups in total. The predicted octanol–water partition coefficient (Wildman–Crippen LogP) is 4.12. The van der Waals surface area contributed by atoms with Crippen LogP contribution in [0.2, 0.25) is 0 Å². The fourth-order valence-corrected chi connectivity index (χ4v) is 4.70. The Morgan fingerprint density at radius 3 is 2.55 bits per heavy atom. The van der Waals surface area contributed by atoms with Gasteiger partial charge in [-0.2, -0.15) is 11.8 Å². The van der Waals surface area contributed by atoms with Crippen LogP contribution in [0.15, 0.2) is 54.9 Å². The van der Waals surface area contributed by atoms with Crippen molar-refractivity contribution in [1.29, 1.82) is 0 Å². The molecule has 33 heavy (non-hydrogen) atoms. The summed E-state index contributed by atoms with van der Waals surface area (Å²) in [4.78, 5) is 20.8. The molecule has 3 rings (SSSR count). The number of nitrogens with zero attached hydrogens (tertiary/aromatic N) is 2. The molecule has 1 unspecified atom stereocenters. The van der Waals surface area contributed by atoms with Crippen molar-refractivity contribution in [3.05, 3.63) is 71.5 Å². The van der Waals surface area contributed by atoms with Crippen LogP contribution in [-0.4, -0.2) is 42.8 Å². The molecular formula is C25H31N5O2S. The lowest BCUT2D eigenvalue weighted by Crippen LogP contribution is -2.20. The van der Waals surface area contributed by atoms with E-state index in [0.717, 1.165) is 28.2 Å². The van der Waals surface area contributed by atoms with Crippen LogP contribution < -0.4 is 21.1 Å². The minimum Gasteiger partial charge on any atom is -0.496 e. The number of ether oxygens (including phenoxy) is 1. The lowest BCUT2D eigenvalue weighted by Gasteiger charge is -2.25. The molecule has 0 spiro atoms. The minimum absolute atomic E-state index is 0.132. The van der Waals surface area contributed by atoms with Crippen LogP contribution in [0.5, 0.6) is 5.75 Å². The number of methoxy groups -OCH3 is 1. The molecule has 174 valence electrons. The molecule has 1 amide bonds. The number of nitrogens with two attached hydrogens (primary N) is 1. The van der Waals surface area contributed by atoms with Gasteiger partial charge in [0.05, 0.1) is 12.8 Å².